The third-order valence-electron chi connectivity index (χ3n) is 2.93. The zero-order valence-corrected chi connectivity index (χ0v) is 12.2. The molecule has 1 aromatic carbocycles. The molecule has 0 amide bonds. The molecular formula is C14H15FN2O2S. The number of carboxylic acids is 1. The van der Waals surface area contributed by atoms with E-state index in [9.17, 15) is 9.18 Å². The van der Waals surface area contributed by atoms with Crippen molar-refractivity contribution in [3.63, 3.8) is 0 Å². The number of nitrogens with zero attached hydrogens (tertiary/aromatic N) is 1. The van der Waals surface area contributed by atoms with Gasteiger partial charge in [0, 0.05) is 4.88 Å². The lowest BCUT2D eigenvalue weighted by Crippen LogP contribution is -2.10. The van der Waals surface area contributed by atoms with Crippen LogP contribution >= 0.6 is 11.3 Å². The summed E-state index contributed by atoms with van der Waals surface area (Å²) in [6, 6.07) is 3.49. The van der Waals surface area contributed by atoms with E-state index >= 15 is 0 Å². The van der Waals surface area contributed by atoms with Crippen LogP contribution in [0.1, 0.15) is 38.9 Å². The Hall–Kier alpha value is -1.95. The van der Waals surface area contributed by atoms with Gasteiger partial charge in [0.15, 0.2) is 0 Å². The van der Waals surface area contributed by atoms with Gasteiger partial charge in [0.05, 0.1) is 28.0 Å². The second-order valence-corrected chi connectivity index (χ2v) is 5.95. The average molecular weight is 294 g/mol. The van der Waals surface area contributed by atoms with E-state index in [1.807, 2.05) is 20.8 Å². The molecule has 0 aliphatic heterocycles. The quantitative estimate of drug-likeness (QED) is 0.901. The minimum Gasteiger partial charge on any atom is -0.478 e. The Kier molecular flexibility index (Phi) is 4.04. The summed E-state index contributed by atoms with van der Waals surface area (Å²) in [5.41, 5.74) is 1.07. The first kappa shape index (κ1) is 14.5. The van der Waals surface area contributed by atoms with Gasteiger partial charge < -0.3 is 10.4 Å². The zero-order chi connectivity index (χ0) is 14.9. The molecule has 0 bridgehead atoms. The van der Waals surface area contributed by atoms with E-state index in [4.69, 9.17) is 5.11 Å². The van der Waals surface area contributed by atoms with E-state index in [-0.39, 0.29) is 17.3 Å². The van der Waals surface area contributed by atoms with Crippen LogP contribution in [0, 0.1) is 19.7 Å². The first-order valence-electron chi connectivity index (χ1n) is 6.11. The molecule has 2 rings (SSSR count). The highest BCUT2D eigenvalue weighted by Gasteiger charge is 2.15. The van der Waals surface area contributed by atoms with Crippen LogP contribution in [0.2, 0.25) is 0 Å². The zero-order valence-electron chi connectivity index (χ0n) is 11.4. The van der Waals surface area contributed by atoms with E-state index in [1.54, 1.807) is 11.3 Å². The van der Waals surface area contributed by atoms with E-state index in [1.165, 1.54) is 12.1 Å². The summed E-state index contributed by atoms with van der Waals surface area (Å²) in [6.45, 7) is 5.75. The number of aromatic carboxylic acids is 1. The molecule has 4 nitrogen and oxygen atoms in total. The van der Waals surface area contributed by atoms with Crippen LogP contribution in [-0.2, 0) is 0 Å². The van der Waals surface area contributed by atoms with E-state index in [0.717, 1.165) is 21.6 Å². The van der Waals surface area contributed by atoms with Crippen molar-refractivity contribution in [2.45, 2.75) is 26.8 Å². The van der Waals surface area contributed by atoms with Crippen molar-refractivity contribution in [2.24, 2.45) is 0 Å². The highest BCUT2D eigenvalue weighted by molar-refractivity contribution is 7.11. The molecule has 1 aromatic heterocycles. The number of aryl methyl sites for hydroxylation is 2. The molecule has 0 spiro atoms. The fraction of sp³-hybridized carbons (Fsp3) is 0.286. The van der Waals surface area contributed by atoms with Crippen LogP contribution in [0.25, 0.3) is 0 Å². The van der Waals surface area contributed by atoms with Gasteiger partial charge in [0.2, 0.25) is 0 Å². The third-order valence-corrected chi connectivity index (χ3v) is 3.84. The number of hydrogen-bond donors (Lipinski definition) is 2. The van der Waals surface area contributed by atoms with Crippen molar-refractivity contribution < 1.29 is 14.3 Å². The first-order valence-corrected chi connectivity index (χ1v) is 6.93. The van der Waals surface area contributed by atoms with Gasteiger partial charge in [-0.15, -0.1) is 11.3 Å². The van der Waals surface area contributed by atoms with Gasteiger partial charge >= 0.3 is 5.97 Å². The fourth-order valence-electron chi connectivity index (χ4n) is 2.02. The van der Waals surface area contributed by atoms with Crippen LogP contribution in [-0.4, -0.2) is 16.1 Å². The number of anilines is 1. The standard InChI is InChI=1S/C14H15FN2O2S/c1-7(13-8(2)20-9(3)17-13)16-12-6-10(14(18)19)4-5-11(12)15/h4-7,16H,1-3H3,(H,18,19). The molecule has 1 unspecified atom stereocenters. The molecular weight excluding hydrogens is 279 g/mol. The Morgan fingerprint density at radius 3 is 2.70 bits per heavy atom. The van der Waals surface area contributed by atoms with Gasteiger partial charge in [0.1, 0.15) is 5.82 Å². The van der Waals surface area contributed by atoms with Crippen molar-refractivity contribution in [3.8, 4) is 0 Å². The summed E-state index contributed by atoms with van der Waals surface area (Å²) >= 11 is 1.58. The number of rotatable bonds is 4. The summed E-state index contributed by atoms with van der Waals surface area (Å²) < 4.78 is 13.7. The summed E-state index contributed by atoms with van der Waals surface area (Å²) in [5, 5.41) is 12.9. The van der Waals surface area contributed by atoms with Crippen molar-refractivity contribution in [1.82, 2.24) is 4.98 Å². The second-order valence-electron chi connectivity index (χ2n) is 4.54. The molecule has 6 heteroatoms. The lowest BCUT2D eigenvalue weighted by atomic mass is 10.1. The topological polar surface area (TPSA) is 62.2 Å². The SMILES string of the molecule is Cc1nc(C(C)Nc2cc(C(=O)O)ccc2F)c(C)s1. The average Bonchev–Trinajstić information content (AvgIpc) is 2.71. The molecule has 2 aromatic rings. The highest BCUT2D eigenvalue weighted by Crippen LogP contribution is 2.27. The Labute approximate surface area is 120 Å². The number of hydrogen-bond acceptors (Lipinski definition) is 4. The van der Waals surface area contributed by atoms with Crippen LogP contribution in [0.5, 0.6) is 0 Å². The minimum atomic E-state index is -1.08. The summed E-state index contributed by atoms with van der Waals surface area (Å²) in [7, 11) is 0. The number of nitrogens with one attached hydrogen (secondary N) is 1. The summed E-state index contributed by atoms with van der Waals surface area (Å²) in [6.07, 6.45) is 0. The Balaban J connectivity index is 2.27. The van der Waals surface area contributed by atoms with Crippen LogP contribution in [0.3, 0.4) is 0 Å². The normalized spacial score (nSPS) is 12.2. The molecule has 0 saturated carbocycles. The monoisotopic (exact) mass is 294 g/mol. The van der Waals surface area contributed by atoms with Gasteiger partial charge in [-0.05, 0) is 39.0 Å². The van der Waals surface area contributed by atoms with Crippen LogP contribution < -0.4 is 5.32 Å². The van der Waals surface area contributed by atoms with Gasteiger partial charge in [-0.25, -0.2) is 14.2 Å². The third kappa shape index (κ3) is 2.96. The summed E-state index contributed by atoms with van der Waals surface area (Å²) in [4.78, 5) is 16.4. The van der Waals surface area contributed by atoms with Gasteiger partial charge in [-0.3, -0.25) is 0 Å². The van der Waals surface area contributed by atoms with Gasteiger partial charge in [-0.1, -0.05) is 0 Å². The van der Waals surface area contributed by atoms with Gasteiger partial charge in [0.25, 0.3) is 0 Å². The fourth-order valence-corrected chi connectivity index (χ4v) is 2.93. The molecule has 0 aliphatic carbocycles. The van der Waals surface area contributed by atoms with Crippen LogP contribution in [0.15, 0.2) is 18.2 Å². The van der Waals surface area contributed by atoms with Crippen molar-refractivity contribution in [2.75, 3.05) is 5.32 Å². The lowest BCUT2D eigenvalue weighted by molar-refractivity contribution is 0.0697. The largest absolute Gasteiger partial charge is 0.478 e. The number of halogens is 1. The smallest absolute Gasteiger partial charge is 0.335 e. The molecule has 1 atom stereocenters. The number of benzene rings is 1. The number of carboxylic acid groups (broad SMARTS) is 1. The van der Waals surface area contributed by atoms with Crippen molar-refractivity contribution >= 4 is 23.0 Å². The van der Waals surface area contributed by atoms with Crippen molar-refractivity contribution in [1.29, 1.82) is 0 Å². The molecule has 106 valence electrons. The molecule has 2 N–H and O–H groups in total. The molecule has 0 fully saturated rings. The number of aromatic nitrogens is 1. The van der Waals surface area contributed by atoms with E-state index in [2.05, 4.69) is 10.3 Å². The maximum atomic E-state index is 13.7. The maximum Gasteiger partial charge on any atom is 0.335 e. The lowest BCUT2D eigenvalue weighted by Gasteiger charge is -2.15. The summed E-state index contributed by atoms with van der Waals surface area (Å²) in [5.74, 6) is -1.56. The Morgan fingerprint density at radius 1 is 1.45 bits per heavy atom. The highest BCUT2D eigenvalue weighted by atomic mass is 32.1. The molecule has 0 aliphatic rings. The molecule has 0 saturated heterocycles. The van der Waals surface area contributed by atoms with Gasteiger partial charge in [-0.2, -0.15) is 0 Å². The second kappa shape index (κ2) is 5.58. The first-order chi connectivity index (χ1) is 9.38. The number of thiazole rings is 1. The minimum absolute atomic E-state index is 0.0484. The van der Waals surface area contributed by atoms with E-state index < -0.39 is 11.8 Å². The van der Waals surface area contributed by atoms with Crippen molar-refractivity contribution in [3.05, 3.63) is 45.2 Å². The maximum absolute atomic E-state index is 13.7. The Morgan fingerprint density at radius 2 is 2.15 bits per heavy atom. The van der Waals surface area contributed by atoms with E-state index in [0.29, 0.717) is 0 Å². The van der Waals surface area contributed by atoms with Crippen LogP contribution in [0.4, 0.5) is 10.1 Å². The molecule has 0 radical (unpaired) electrons. The Bertz CT molecular complexity index is 655. The predicted molar refractivity (Wildman–Crippen MR) is 77.0 cm³/mol. The molecule has 1 heterocycles. The predicted octanol–water partition coefficient (Wildman–Crippen LogP) is 3.77. The number of carbonyl (C=O) groups is 1. The molecule has 20 heavy (non-hydrogen) atoms.